The summed E-state index contributed by atoms with van der Waals surface area (Å²) < 4.78 is 2.19. The Morgan fingerprint density at radius 3 is 2.59 bits per heavy atom. The van der Waals surface area contributed by atoms with Crippen LogP contribution in [0.3, 0.4) is 0 Å². The second-order valence-corrected chi connectivity index (χ2v) is 6.69. The molecule has 0 spiro atoms. The molecule has 0 saturated heterocycles. The van der Waals surface area contributed by atoms with Gasteiger partial charge in [0, 0.05) is 35.2 Å². The summed E-state index contributed by atoms with van der Waals surface area (Å²) in [6.07, 6.45) is 0. The van der Waals surface area contributed by atoms with E-state index in [1.165, 1.54) is 16.3 Å². The standard InChI is InChI=1S/C22H22N4O/c1-15-14-16(2)24-21-20(15)18-10-6-7-11-19(18)26(21)13-12-23-22(27)25-17-8-4-3-5-9-17/h3-11,14H,12-13H2,1-2H3,(H2,23,25,27). The molecule has 0 aliphatic heterocycles. The number of pyridine rings is 1. The number of fused-ring (bicyclic) bond motifs is 3. The number of urea groups is 1. The fourth-order valence-corrected chi connectivity index (χ4v) is 3.58. The Morgan fingerprint density at radius 1 is 1.04 bits per heavy atom. The van der Waals surface area contributed by atoms with Gasteiger partial charge >= 0.3 is 6.03 Å². The number of carbonyl (C=O) groups is 1. The van der Waals surface area contributed by atoms with E-state index in [1.807, 2.05) is 43.3 Å². The van der Waals surface area contributed by atoms with Crippen LogP contribution in [0.1, 0.15) is 11.3 Å². The van der Waals surface area contributed by atoms with E-state index in [0.29, 0.717) is 13.1 Å². The molecule has 0 aliphatic carbocycles. The van der Waals surface area contributed by atoms with Crippen molar-refractivity contribution in [3.05, 3.63) is 71.9 Å². The normalized spacial score (nSPS) is 11.0. The van der Waals surface area contributed by atoms with E-state index < -0.39 is 0 Å². The molecule has 2 aromatic carbocycles. The van der Waals surface area contributed by atoms with Crippen molar-refractivity contribution >= 4 is 33.7 Å². The van der Waals surface area contributed by atoms with Crippen molar-refractivity contribution in [3.8, 4) is 0 Å². The van der Waals surface area contributed by atoms with Crippen molar-refractivity contribution < 1.29 is 4.79 Å². The highest BCUT2D eigenvalue weighted by atomic mass is 16.2. The lowest BCUT2D eigenvalue weighted by Gasteiger charge is -2.10. The van der Waals surface area contributed by atoms with Gasteiger partial charge < -0.3 is 15.2 Å². The number of hydrogen-bond donors (Lipinski definition) is 2. The molecule has 0 bridgehead atoms. The first-order chi connectivity index (χ1) is 13.1. The van der Waals surface area contributed by atoms with Gasteiger partial charge in [0.1, 0.15) is 5.65 Å². The number of para-hydroxylation sites is 2. The van der Waals surface area contributed by atoms with Gasteiger partial charge in [-0.05, 0) is 43.7 Å². The van der Waals surface area contributed by atoms with E-state index >= 15 is 0 Å². The first-order valence-electron chi connectivity index (χ1n) is 9.08. The minimum atomic E-state index is -0.206. The summed E-state index contributed by atoms with van der Waals surface area (Å²) in [4.78, 5) is 16.9. The van der Waals surface area contributed by atoms with E-state index in [9.17, 15) is 4.79 Å². The Labute approximate surface area is 158 Å². The number of benzene rings is 2. The second kappa shape index (κ2) is 7.11. The molecule has 2 aromatic heterocycles. The molecular weight excluding hydrogens is 336 g/mol. The van der Waals surface area contributed by atoms with Crippen LogP contribution in [0.2, 0.25) is 0 Å². The highest BCUT2D eigenvalue weighted by Gasteiger charge is 2.14. The Morgan fingerprint density at radius 2 is 1.78 bits per heavy atom. The van der Waals surface area contributed by atoms with Gasteiger partial charge in [0.2, 0.25) is 0 Å². The fourth-order valence-electron chi connectivity index (χ4n) is 3.58. The maximum atomic E-state index is 12.1. The zero-order valence-electron chi connectivity index (χ0n) is 15.5. The van der Waals surface area contributed by atoms with Crippen LogP contribution < -0.4 is 10.6 Å². The maximum absolute atomic E-state index is 12.1. The number of nitrogens with one attached hydrogen (secondary N) is 2. The lowest BCUT2D eigenvalue weighted by molar-refractivity contribution is 0.252. The van der Waals surface area contributed by atoms with Gasteiger partial charge in [-0.15, -0.1) is 0 Å². The summed E-state index contributed by atoms with van der Waals surface area (Å²) >= 11 is 0. The van der Waals surface area contributed by atoms with Crippen LogP contribution >= 0.6 is 0 Å². The van der Waals surface area contributed by atoms with Crippen molar-refractivity contribution in [2.75, 3.05) is 11.9 Å². The molecule has 0 unspecified atom stereocenters. The van der Waals surface area contributed by atoms with Crippen LogP contribution in [-0.2, 0) is 6.54 Å². The number of rotatable bonds is 4. The Kier molecular flexibility index (Phi) is 4.50. The number of nitrogens with zero attached hydrogens (tertiary/aromatic N) is 2. The topological polar surface area (TPSA) is 59.0 Å². The molecule has 5 nitrogen and oxygen atoms in total. The summed E-state index contributed by atoms with van der Waals surface area (Å²) in [7, 11) is 0. The SMILES string of the molecule is Cc1cc(C)c2c3ccccc3n(CCNC(=O)Nc3ccccc3)c2n1. The maximum Gasteiger partial charge on any atom is 0.319 e. The van der Waals surface area contributed by atoms with E-state index in [-0.39, 0.29) is 6.03 Å². The lowest BCUT2D eigenvalue weighted by Crippen LogP contribution is -2.31. The smallest absolute Gasteiger partial charge is 0.319 e. The Hall–Kier alpha value is -3.34. The van der Waals surface area contributed by atoms with Crippen molar-refractivity contribution in [2.24, 2.45) is 0 Å². The van der Waals surface area contributed by atoms with Crippen LogP contribution in [0.15, 0.2) is 60.7 Å². The largest absolute Gasteiger partial charge is 0.336 e. The number of aromatic nitrogens is 2. The predicted molar refractivity (Wildman–Crippen MR) is 110 cm³/mol. The van der Waals surface area contributed by atoms with Crippen molar-refractivity contribution in [1.82, 2.24) is 14.9 Å². The van der Waals surface area contributed by atoms with Gasteiger partial charge in [0.15, 0.2) is 0 Å². The molecule has 2 N–H and O–H groups in total. The third kappa shape index (κ3) is 3.36. The average molecular weight is 358 g/mol. The summed E-state index contributed by atoms with van der Waals surface area (Å²) in [5.41, 5.74) is 5.11. The minimum Gasteiger partial charge on any atom is -0.336 e. The molecule has 0 fully saturated rings. The fraction of sp³-hybridized carbons (Fsp3) is 0.182. The van der Waals surface area contributed by atoms with Crippen LogP contribution in [0, 0.1) is 13.8 Å². The minimum absolute atomic E-state index is 0.206. The average Bonchev–Trinajstić information content (AvgIpc) is 2.96. The van der Waals surface area contributed by atoms with Gasteiger partial charge in [-0.2, -0.15) is 0 Å². The highest BCUT2D eigenvalue weighted by molar-refractivity contribution is 6.08. The molecule has 0 aliphatic rings. The number of aryl methyl sites for hydroxylation is 2. The van der Waals surface area contributed by atoms with E-state index in [0.717, 1.165) is 22.5 Å². The second-order valence-electron chi connectivity index (χ2n) is 6.69. The quantitative estimate of drug-likeness (QED) is 0.559. The monoisotopic (exact) mass is 358 g/mol. The number of hydrogen-bond acceptors (Lipinski definition) is 2. The van der Waals surface area contributed by atoms with Crippen molar-refractivity contribution in [3.63, 3.8) is 0 Å². The summed E-state index contributed by atoms with van der Waals surface area (Å²) in [6.45, 7) is 5.31. The zero-order chi connectivity index (χ0) is 18.8. The summed E-state index contributed by atoms with van der Waals surface area (Å²) in [5, 5.41) is 8.15. The first kappa shape index (κ1) is 17.1. The molecule has 2 heterocycles. The number of carbonyl (C=O) groups excluding carboxylic acids is 1. The Bertz CT molecular complexity index is 1120. The summed E-state index contributed by atoms with van der Waals surface area (Å²) in [5.74, 6) is 0. The predicted octanol–water partition coefficient (Wildman–Crippen LogP) is 4.63. The lowest BCUT2D eigenvalue weighted by atomic mass is 10.1. The number of amides is 2. The van der Waals surface area contributed by atoms with E-state index in [1.54, 1.807) is 0 Å². The van der Waals surface area contributed by atoms with Gasteiger partial charge in [-0.25, -0.2) is 9.78 Å². The molecule has 4 rings (SSSR count). The van der Waals surface area contributed by atoms with Crippen LogP contribution in [0.25, 0.3) is 21.9 Å². The van der Waals surface area contributed by atoms with Gasteiger partial charge in [-0.1, -0.05) is 36.4 Å². The third-order valence-corrected chi connectivity index (χ3v) is 4.70. The van der Waals surface area contributed by atoms with Gasteiger partial charge in [0.05, 0.1) is 5.52 Å². The van der Waals surface area contributed by atoms with Crippen LogP contribution in [-0.4, -0.2) is 22.1 Å². The van der Waals surface area contributed by atoms with Crippen molar-refractivity contribution in [2.45, 2.75) is 20.4 Å². The molecule has 4 aromatic rings. The summed E-state index contributed by atoms with van der Waals surface area (Å²) in [6, 6.07) is 19.7. The zero-order valence-corrected chi connectivity index (χ0v) is 15.5. The first-order valence-corrected chi connectivity index (χ1v) is 9.08. The molecule has 0 radical (unpaired) electrons. The molecule has 0 atom stereocenters. The Balaban J connectivity index is 1.57. The molecule has 136 valence electrons. The van der Waals surface area contributed by atoms with Gasteiger partial charge in [-0.3, -0.25) is 0 Å². The molecule has 2 amide bonds. The van der Waals surface area contributed by atoms with E-state index in [2.05, 4.69) is 46.4 Å². The van der Waals surface area contributed by atoms with Gasteiger partial charge in [0.25, 0.3) is 0 Å². The third-order valence-electron chi connectivity index (χ3n) is 4.70. The van der Waals surface area contributed by atoms with Crippen LogP contribution in [0.5, 0.6) is 0 Å². The van der Waals surface area contributed by atoms with Crippen LogP contribution in [0.4, 0.5) is 10.5 Å². The van der Waals surface area contributed by atoms with Crippen molar-refractivity contribution in [1.29, 1.82) is 0 Å². The molecule has 27 heavy (non-hydrogen) atoms. The molecule has 0 saturated carbocycles. The molecule has 5 heteroatoms. The number of anilines is 1. The highest BCUT2D eigenvalue weighted by Crippen LogP contribution is 2.30. The van der Waals surface area contributed by atoms with E-state index in [4.69, 9.17) is 4.98 Å². The molecular formula is C22H22N4O.